The van der Waals surface area contributed by atoms with Gasteiger partial charge in [0.05, 0.1) is 12.0 Å². The second-order valence-corrected chi connectivity index (χ2v) is 6.19. The smallest absolute Gasteiger partial charge is 0.289 e. The Balaban J connectivity index is 1.50. The maximum absolute atomic E-state index is 12.4. The highest BCUT2D eigenvalue weighted by molar-refractivity contribution is 6.30. The zero-order valence-corrected chi connectivity index (χ0v) is 14.0. The number of rotatable bonds is 3. The van der Waals surface area contributed by atoms with Crippen LogP contribution in [-0.2, 0) is 13.0 Å². The Morgan fingerprint density at radius 1 is 1.28 bits per heavy atom. The summed E-state index contributed by atoms with van der Waals surface area (Å²) in [6, 6.07) is 10.8. The number of nitrogens with zero attached hydrogens (tertiary/aromatic N) is 3. The van der Waals surface area contributed by atoms with E-state index in [2.05, 4.69) is 15.3 Å². The fourth-order valence-corrected chi connectivity index (χ4v) is 2.99. The van der Waals surface area contributed by atoms with Gasteiger partial charge in [-0.2, -0.15) is 0 Å². The maximum atomic E-state index is 12.4. The molecule has 0 atom stereocenters. The summed E-state index contributed by atoms with van der Waals surface area (Å²) in [6.07, 6.45) is 3.94. The van der Waals surface area contributed by atoms with Gasteiger partial charge in [-0.3, -0.25) is 4.79 Å². The molecule has 0 radical (unpaired) electrons. The van der Waals surface area contributed by atoms with Crippen LogP contribution in [0.15, 0.2) is 53.3 Å². The molecule has 1 aromatic carbocycles. The van der Waals surface area contributed by atoms with Crippen molar-refractivity contribution < 1.29 is 9.21 Å². The van der Waals surface area contributed by atoms with Crippen LogP contribution < -0.4 is 5.32 Å². The van der Waals surface area contributed by atoms with Gasteiger partial charge in [0.2, 0.25) is 5.95 Å². The molecule has 0 saturated carbocycles. The van der Waals surface area contributed by atoms with Crippen LogP contribution >= 0.6 is 11.6 Å². The van der Waals surface area contributed by atoms with E-state index in [-0.39, 0.29) is 5.91 Å². The summed E-state index contributed by atoms with van der Waals surface area (Å²) in [5.74, 6) is 0.757. The van der Waals surface area contributed by atoms with Crippen molar-refractivity contribution in [1.29, 1.82) is 0 Å². The quantitative estimate of drug-likeness (QED) is 0.777. The van der Waals surface area contributed by atoms with Gasteiger partial charge in [-0.1, -0.05) is 17.7 Å². The molecular formula is C18H15ClN4O2. The average Bonchev–Trinajstić information content (AvgIpc) is 3.15. The molecule has 1 amide bonds. The Morgan fingerprint density at radius 3 is 3.00 bits per heavy atom. The van der Waals surface area contributed by atoms with Crippen LogP contribution in [0.4, 0.5) is 11.6 Å². The summed E-state index contributed by atoms with van der Waals surface area (Å²) in [6.45, 7) is 1.08. The molecule has 0 unspecified atom stereocenters. The SMILES string of the molecule is O=C(c1ccco1)N1CCc2nc(Nc3cccc(Cl)c3)ncc2C1. The van der Waals surface area contributed by atoms with Crippen LogP contribution in [-0.4, -0.2) is 27.3 Å². The zero-order valence-electron chi connectivity index (χ0n) is 13.3. The number of nitrogens with one attached hydrogen (secondary N) is 1. The van der Waals surface area contributed by atoms with Gasteiger partial charge in [0.15, 0.2) is 5.76 Å². The Kier molecular flexibility index (Phi) is 4.11. The predicted molar refractivity (Wildman–Crippen MR) is 93.9 cm³/mol. The molecular weight excluding hydrogens is 340 g/mol. The summed E-state index contributed by atoms with van der Waals surface area (Å²) in [4.78, 5) is 23.0. The molecule has 0 spiro atoms. The topological polar surface area (TPSA) is 71.3 Å². The molecule has 7 heteroatoms. The molecule has 126 valence electrons. The van der Waals surface area contributed by atoms with Gasteiger partial charge in [0.25, 0.3) is 5.91 Å². The molecule has 1 N–H and O–H groups in total. The van der Waals surface area contributed by atoms with Crippen LogP contribution in [0.2, 0.25) is 5.02 Å². The Hall–Kier alpha value is -2.86. The fourth-order valence-electron chi connectivity index (χ4n) is 2.80. The van der Waals surface area contributed by atoms with E-state index in [1.807, 2.05) is 24.3 Å². The number of carbonyl (C=O) groups excluding carboxylic acids is 1. The van der Waals surface area contributed by atoms with E-state index in [9.17, 15) is 4.79 Å². The Bertz CT molecular complexity index is 911. The van der Waals surface area contributed by atoms with E-state index < -0.39 is 0 Å². The van der Waals surface area contributed by atoms with Crippen molar-refractivity contribution in [3.05, 3.63) is 70.9 Å². The van der Waals surface area contributed by atoms with Crippen molar-refractivity contribution >= 4 is 29.1 Å². The third-order valence-corrected chi connectivity index (χ3v) is 4.27. The molecule has 1 aliphatic heterocycles. The van der Waals surface area contributed by atoms with E-state index >= 15 is 0 Å². The summed E-state index contributed by atoms with van der Waals surface area (Å²) in [5, 5.41) is 3.80. The molecule has 2 aromatic heterocycles. The summed E-state index contributed by atoms with van der Waals surface area (Å²) < 4.78 is 5.19. The number of hydrogen-bond donors (Lipinski definition) is 1. The molecule has 0 saturated heterocycles. The van der Waals surface area contributed by atoms with Crippen molar-refractivity contribution in [3.8, 4) is 0 Å². The van der Waals surface area contributed by atoms with Gasteiger partial charge in [-0.15, -0.1) is 0 Å². The van der Waals surface area contributed by atoms with E-state index in [4.69, 9.17) is 16.0 Å². The maximum Gasteiger partial charge on any atom is 0.289 e. The fraction of sp³-hybridized carbons (Fsp3) is 0.167. The zero-order chi connectivity index (χ0) is 17.2. The van der Waals surface area contributed by atoms with Crippen molar-refractivity contribution in [3.63, 3.8) is 0 Å². The van der Waals surface area contributed by atoms with Gasteiger partial charge in [0.1, 0.15) is 0 Å². The van der Waals surface area contributed by atoms with Crippen LogP contribution in [0, 0.1) is 0 Å². The molecule has 0 bridgehead atoms. The minimum absolute atomic E-state index is 0.114. The molecule has 0 aliphatic carbocycles. The predicted octanol–water partition coefficient (Wildman–Crippen LogP) is 3.67. The van der Waals surface area contributed by atoms with Gasteiger partial charge in [0, 0.05) is 42.0 Å². The Labute approximate surface area is 149 Å². The lowest BCUT2D eigenvalue weighted by molar-refractivity contribution is 0.0701. The van der Waals surface area contributed by atoms with E-state index in [0.29, 0.717) is 36.2 Å². The third-order valence-electron chi connectivity index (χ3n) is 4.03. The van der Waals surface area contributed by atoms with Crippen molar-refractivity contribution in [2.24, 2.45) is 0 Å². The van der Waals surface area contributed by atoms with Gasteiger partial charge < -0.3 is 14.6 Å². The van der Waals surface area contributed by atoms with Crippen molar-refractivity contribution in [2.75, 3.05) is 11.9 Å². The second kappa shape index (κ2) is 6.57. The summed E-state index contributed by atoms with van der Waals surface area (Å²) >= 11 is 5.99. The number of halogens is 1. The first-order valence-electron chi connectivity index (χ1n) is 7.89. The summed E-state index contributed by atoms with van der Waals surface area (Å²) in [7, 11) is 0. The number of furan rings is 1. The van der Waals surface area contributed by atoms with Gasteiger partial charge in [-0.05, 0) is 30.3 Å². The standard InChI is InChI=1S/C18H15ClN4O2/c19-13-3-1-4-14(9-13)21-18-20-10-12-11-23(7-6-15(12)22-18)17(24)16-5-2-8-25-16/h1-5,8-10H,6-7,11H2,(H,20,21,22). The third kappa shape index (κ3) is 3.34. The molecule has 6 nitrogen and oxygen atoms in total. The number of amides is 1. The van der Waals surface area contributed by atoms with E-state index in [1.54, 1.807) is 23.2 Å². The lowest BCUT2D eigenvalue weighted by atomic mass is 10.1. The molecule has 0 fully saturated rings. The number of carbonyl (C=O) groups is 1. The molecule has 25 heavy (non-hydrogen) atoms. The minimum Gasteiger partial charge on any atom is -0.459 e. The molecule has 4 rings (SSSR count). The number of hydrogen-bond acceptors (Lipinski definition) is 5. The minimum atomic E-state index is -0.114. The molecule has 3 heterocycles. The second-order valence-electron chi connectivity index (χ2n) is 5.75. The lowest BCUT2D eigenvalue weighted by Gasteiger charge is -2.27. The molecule has 1 aliphatic rings. The Morgan fingerprint density at radius 2 is 2.20 bits per heavy atom. The highest BCUT2D eigenvalue weighted by Crippen LogP contribution is 2.22. The highest BCUT2D eigenvalue weighted by atomic mass is 35.5. The first-order chi connectivity index (χ1) is 12.2. The van der Waals surface area contributed by atoms with Gasteiger partial charge in [-0.25, -0.2) is 9.97 Å². The van der Waals surface area contributed by atoms with Crippen molar-refractivity contribution in [1.82, 2.24) is 14.9 Å². The van der Waals surface area contributed by atoms with Crippen molar-refractivity contribution in [2.45, 2.75) is 13.0 Å². The van der Waals surface area contributed by atoms with E-state index in [0.717, 1.165) is 16.9 Å². The first-order valence-corrected chi connectivity index (χ1v) is 8.27. The number of benzene rings is 1. The highest BCUT2D eigenvalue weighted by Gasteiger charge is 2.24. The average molecular weight is 355 g/mol. The number of aromatic nitrogens is 2. The van der Waals surface area contributed by atoms with Crippen LogP contribution in [0.1, 0.15) is 21.8 Å². The monoisotopic (exact) mass is 354 g/mol. The largest absolute Gasteiger partial charge is 0.459 e. The lowest BCUT2D eigenvalue weighted by Crippen LogP contribution is -2.36. The normalized spacial score (nSPS) is 13.4. The van der Waals surface area contributed by atoms with Crippen LogP contribution in [0.3, 0.4) is 0 Å². The van der Waals surface area contributed by atoms with E-state index in [1.165, 1.54) is 6.26 Å². The summed E-state index contributed by atoms with van der Waals surface area (Å²) in [5.41, 5.74) is 2.73. The van der Waals surface area contributed by atoms with Crippen LogP contribution in [0.5, 0.6) is 0 Å². The number of anilines is 2. The van der Waals surface area contributed by atoms with Gasteiger partial charge >= 0.3 is 0 Å². The first kappa shape index (κ1) is 15.7. The number of fused-ring (bicyclic) bond motifs is 1. The van der Waals surface area contributed by atoms with Crippen LogP contribution in [0.25, 0.3) is 0 Å². The molecule has 3 aromatic rings.